The number of rotatable bonds is 6. The molecule has 26 heavy (non-hydrogen) atoms. The Hall–Kier alpha value is -1.99. The molecule has 2 rings (SSSR count). The number of aliphatic carboxylic acids is 1. The summed E-state index contributed by atoms with van der Waals surface area (Å²) in [6.07, 6.45) is -1.42. The van der Waals surface area contributed by atoms with Gasteiger partial charge in [0, 0.05) is 12.1 Å². The van der Waals surface area contributed by atoms with Crippen molar-refractivity contribution in [3.05, 3.63) is 22.7 Å². The maximum Gasteiger partial charge on any atom is 0.334 e. The van der Waals surface area contributed by atoms with Crippen LogP contribution in [-0.4, -0.2) is 60.9 Å². The maximum atomic E-state index is 12.8. The van der Waals surface area contributed by atoms with Crippen LogP contribution in [0.3, 0.4) is 0 Å². The Morgan fingerprint density at radius 1 is 1.38 bits per heavy atom. The summed E-state index contributed by atoms with van der Waals surface area (Å²) in [5, 5.41) is 9.44. The molecular weight excluding hydrogens is 362 g/mol. The van der Waals surface area contributed by atoms with Gasteiger partial charge in [0.15, 0.2) is 17.6 Å². The molecule has 1 heterocycles. The van der Waals surface area contributed by atoms with Crippen molar-refractivity contribution in [2.75, 3.05) is 26.8 Å². The van der Waals surface area contributed by atoms with Crippen molar-refractivity contribution in [1.82, 2.24) is 4.90 Å². The summed E-state index contributed by atoms with van der Waals surface area (Å²) in [7, 11) is 1.47. The van der Waals surface area contributed by atoms with Crippen LogP contribution in [0.25, 0.3) is 0 Å². The quantitative estimate of drug-likeness (QED) is 0.810. The molecule has 0 radical (unpaired) electrons. The molecule has 1 unspecified atom stereocenters. The number of carbonyl (C=O) groups is 2. The van der Waals surface area contributed by atoms with Gasteiger partial charge in [0.1, 0.15) is 0 Å². The molecule has 1 aliphatic rings. The zero-order chi connectivity index (χ0) is 19.4. The Kier molecular flexibility index (Phi) is 6.72. The first-order valence-electron chi connectivity index (χ1n) is 8.40. The molecule has 1 fully saturated rings. The number of ether oxygens (including phenoxy) is 3. The van der Waals surface area contributed by atoms with E-state index >= 15 is 0 Å². The molecule has 1 aromatic rings. The van der Waals surface area contributed by atoms with Gasteiger partial charge in [-0.3, -0.25) is 4.79 Å². The van der Waals surface area contributed by atoms with E-state index in [1.807, 2.05) is 13.8 Å². The third kappa shape index (κ3) is 4.80. The number of hydrogen-bond acceptors (Lipinski definition) is 5. The van der Waals surface area contributed by atoms with Gasteiger partial charge in [-0.2, -0.15) is 0 Å². The number of halogens is 1. The second-order valence-corrected chi connectivity index (χ2v) is 7.09. The van der Waals surface area contributed by atoms with E-state index in [0.29, 0.717) is 36.1 Å². The van der Waals surface area contributed by atoms with Gasteiger partial charge < -0.3 is 24.2 Å². The van der Waals surface area contributed by atoms with Gasteiger partial charge in [-0.1, -0.05) is 25.4 Å². The van der Waals surface area contributed by atoms with E-state index < -0.39 is 12.1 Å². The van der Waals surface area contributed by atoms with Crippen LogP contribution in [0.5, 0.6) is 11.5 Å². The molecule has 7 nitrogen and oxygen atoms in total. The van der Waals surface area contributed by atoms with Crippen LogP contribution < -0.4 is 9.47 Å². The van der Waals surface area contributed by atoms with Gasteiger partial charge in [0.2, 0.25) is 0 Å². The van der Waals surface area contributed by atoms with Crippen molar-refractivity contribution in [3.8, 4) is 11.5 Å². The lowest BCUT2D eigenvalue weighted by molar-refractivity contribution is -0.160. The third-order valence-corrected chi connectivity index (χ3v) is 4.14. The van der Waals surface area contributed by atoms with Crippen LogP contribution in [0.2, 0.25) is 5.02 Å². The lowest BCUT2D eigenvalue weighted by Gasteiger charge is -2.35. The standard InChI is InChI=1S/C18H24ClNO6/c1-10(2)9-25-16-13(19)5-12(6-14(16)24-4)17(21)20-7-11(3)26-15(8-20)18(22)23/h5-6,10-11,15H,7-9H2,1-4H3,(H,22,23)/t11-,15?/m1/s1. The largest absolute Gasteiger partial charge is 0.493 e. The first-order valence-corrected chi connectivity index (χ1v) is 8.78. The molecule has 0 aliphatic carbocycles. The number of hydrogen-bond donors (Lipinski definition) is 1. The lowest BCUT2D eigenvalue weighted by Crippen LogP contribution is -2.51. The monoisotopic (exact) mass is 385 g/mol. The van der Waals surface area contributed by atoms with E-state index in [1.54, 1.807) is 13.0 Å². The summed E-state index contributed by atoms with van der Waals surface area (Å²) < 4.78 is 16.3. The molecular formula is C18H24ClNO6. The van der Waals surface area contributed by atoms with Crippen LogP contribution >= 0.6 is 11.6 Å². The summed E-state index contributed by atoms with van der Waals surface area (Å²) >= 11 is 6.29. The van der Waals surface area contributed by atoms with Crippen LogP contribution in [0, 0.1) is 5.92 Å². The topological polar surface area (TPSA) is 85.3 Å². The molecule has 0 bridgehead atoms. The van der Waals surface area contributed by atoms with E-state index in [1.165, 1.54) is 18.1 Å². The van der Waals surface area contributed by atoms with E-state index in [4.69, 9.17) is 25.8 Å². The van der Waals surface area contributed by atoms with Gasteiger partial charge in [-0.15, -0.1) is 0 Å². The number of benzene rings is 1. The van der Waals surface area contributed by atoms with Crippen molar-refractivity contribution in [3.63, 3.8) is 0 Å². The molecule has 0 spiro atoms. The van der Waals surface area contributed by atoms with Crippen molar-refractivity contribution in [2.24, 2.45) is 5.92 Å². The summed E-state index contributed by atoms with van der Waals surface area (Å²) in [6, 6.07) is 3.07. The normalized spacial score (nSPS) is 20.2. The highest BCUT2D eigenvalue weighted by Crippen LogP contribution is 2.37. The molecule has 0 aromatic heterocycles. The number of carboxylic acid groups (broad SMARTS) is 1. The number of nitrogens with zero attached hydrogens (tertiary/aromatic N) is 1. The molecule has 0 saturated carbocycles. The van der Waals surface area contributed by atoms with E-state index in [-0.39, 0.29) is 23.6 Å². The summed E-state index contributed by atoms with van der Waals surface area (Å²) in [6.45, 7) is 6.49. The molecule has 2 atom stereocenters. The Labute approximate surface area is 157 Å². The van der Waals surface area contributed by atoms with Crippen LogP contribution in [-0.2, 0) is 9.53 Å². The first kappa shape index (κ1) is 20.3. The second-order valence-electron chi connectivity index (χ2n) is 6.68. The van der Waals surface area contributed by atoms with Crippen molar-refractivity contribution < 1.29 is 28.9 Å². The fourth-order valence-electron chi connectivity index (χ4n) is 2.67. The number of methoxy groups -OCH3 is 1. The Balaban J connectivity index is 2.25. The predicted octanol–water partition coefficient (Wildman–Crippen LogP) is 2.70. The number of amides is 1. The minimum atomic E-state index is -1.10. The fraction of sp³-hybridized carbons (Fsp3) is 0.556. The van der Waals surface area contributed by atoms with E-state index in [2.05, 4.69) is 0 Å². The number of carboxylic acids is 1. The van der Waals surface area contributed by atoms with Crippen LogP contribution in [0.4, 0.5) is 0 Å². The SMILES string of the molecule is COc1cc(C(=O)N2CC(C(=O)O)O[C@H](C)C2)cc(Cl)c1OCC(C)C. The lowest BCUT2D eigenvalue weighted by atomic mass is 10.1. The van der Waals surface area contributed by atoms with Gasteiger partial charge in [-0.25, -0.2) is 4.79 Å². The third-order valence-electron chi connectivity index (χ3n) is 3.86. The highest BCUT2D eigenvalue weighted by Gasteiger charge is 2.33. The zero-order valence-electron chi connectivity index (χ0n) is 15.3. The summed E-state index contributed by atoms with van der Waals surface area (Å²) in [5.41, 5.74) is 0.307. The average Bonchev–Trinajstić information content (AvgIpc) is 2.58. The Morgan fingerprint density at radius 2 is 2.08 bits per heavy atom. The Morgan fingerprint density at radius 3 is 2.65 bits per heavy atom. The molecule has 8 heteroatoms. The second kappa shape index (κ2) is 8.60. The first-order chi connectivity index (χ1) is 12.2. The molecule has 1 amide bonds. The van der Waals surface area contributed by atoms with Crippen LogP contribution in [0.1, 0.15) is 31.1 Å². The Bertz CT molecular complexity index is 678. The molecule has 1 aromatic carbocycles. The zero-order valence-corrected chi connectivity index (χ0v) is 16.1. The minimum absolute atomic E-state index is 0.0238. The van der Waals surface area contributed by atoms with Crippen molar-refractivity contribution >= 4 is 23.5 Å². The smallest absolute Gasteiger partial charge is 0.334 e. The fourth-order valence-corrected chi connectivity index (χ4v) is 2.93. The summed E-state index contributed by atoms with van der Waals surface area (Å²) in [5.74, 6) is -0.375. The summed E-state index contributed by atoms with van der Waals surface area (Å²) in [4.78, 5) is 25.5. The van der Waals surface area contributed by atoms with Crippen molar-refractivity contribution in [2.45, 2.75) is 33.0 Å². The van der Waals surface area contributed by atoms with Crippen LogP contribution in [0.15, 0.2) is 12.1 Å². The van der Waals surface area contributed by atoms with E-state index in [9.17, 15) is 14.7 Å². The van der Waals surface area contributed by atoms with Gasteiger partial charge in [-0.05, 0) is 25.0 Å². The maximum absolute atomic E-state index is 12.8. The van der Waals surface area contributed by atoms with Gasteiger partial charge in [0.25, 0.3) is 5.91 Å². The molecule has 144 valence electrons. The number of carbonyl (C=O) groups excluding carboxylic acids is 1. The van der Waals surface area contributed by atoms with Gasteiger partial charge >= 0.3 is 5.97 Å². The predicted molar refractivity (Wildman–Crippen MR) is 96.2 cm³/mol. The highest BCUT2D eigenvalue weighted by atomic mass is 35.5. The molecule has 1 aliphatic heterocycles. The average molecular weight is 386 g/mol. The van der Waals surface area contributed by atoms with Crippen molar-refractivity contribution in [1.29, 1.82) is 0 Å². The molecule has 1 saturated heterocycles. The highest BCUT2D eigenvalue weighted by molar-refractivity contribution is 6.32. The minimum Gasteiger partial charge on any atom is -0.493 e. The van der Waals surface area contributed by atoms with Gasteiger partial charge in [0.05, 0.1) is 31.4 Å². The number of morpholine rings is 1. The molecule has 1 N–H and O–H groups in total. The van der Waals surface area contributed by atoms with E-state index in [0.717, 1.165) is 0 Å².